The predicted octanol–water partition coefficient (Wildman–Crippen LogP) is 3.36. The lowest BCUT2D eigenvalue weighted by Gasteiger charge is -2.21. The Balaban J connectivity index is 2.29. The highest BCUT2D eigenvalue weighted by molar-refractivity contribution is 7.17. The summed E-state index contributed by atoms with van der Waals surface area (Å²) >= 11 is 1.26. The van der Waals surface area contributed by atoms with Crippen molar-refractivity contribution in [2.45, 2.75) is 39.2 Å². The predicted molar refractivity (Wildman–Crippen MR) is 103 cm³/mol. The summed E-state index contributed by atoms with van der Waals surface area (Å²) in [5.41, 5.74) is -0.245. The van der Waals surface area contributed by atoms with Gasteiger partial charge in [0.2, 0.25) is 0 Å². The van der Waals surface area contributed by atoms with Gasteiger partial charge >= 0.3 is 11.7 Å². The maximum absolute atomic E-state index is 13.0. The number of nitrogens with one attached hydrogen (secondary N) is 1. The molecule has 0 spiro atoms. The first-order valence-electron chi connectivity index (χ1n) is 8.25. The number of benzene rings is 1. The second-order valence-electron chi connectivity index (χ2n) is 7.07. The number of rotatable bonds is 4. The van der Waals surface area contributed by atoms with Gasteiger partial charge in [-0.05, 0) is 30.9 Å². The zero-order valence-electron chi connectivity index (χ0n) is 15.0. The summed E-state index contributed by atoms with van der Waals surface area (Å²) in [6, 6.07) is 7.89. The number of carbonyl (C=O) groups is 1. The third-order valence-corrected chi connectivity index (χ3v) is 5.50. The highest BCUT2D eigenvalue weighted by Gasteiger charge is 2.33. The largest absolute Gasteiger partial charge is 0.480 e. The van der Waals surface area contributed by atoms with Gasteiger partial charge in [0.25, 0.3) is 5.56 Å². The average Bonchev–Trinajstić information content (AvgIpc) is 2.98. The molecule has 3 aromatic rings. The maximum Gasteiger partial charge on any atom is 0.330 e. The molecule has 0 saturated carbocycles. The molecule has 0 atom stereocenters. The van der Waals surface area contributed by atoms with Gasteiger partial charge in [-0.15, -0.1) is 11.3 Å². The number of hydrogen-bond acceptors (Lipinski definition) is 4. The van der Waals surface area contributed by atoms with E-state index in [4.69, 9.17) is 0 Å². The van der Waals surface area contributed by atoms with Crippen molar-refractivity contribution in [1.29, 1.82) is 0 Å². The molecule has 0 aliphatic carbocycles. The molecule has 0 bridgehead atoms. The summed E-state index contributed by atoms with van der Waals surface area (Å²) in [5.74, 6) is -0.851. The second-order valence-corrected chi connectivity index (χ2v) is 7.94. The second kappa shape index (κ2) is 6.25. The van der Waals surface area contributed by atoms with Gasteiger partial charge in [-0.1, -0.05) is 38.1 Å². The lowest BCUT2D eigenvalue weighted by molar-refractivity contribution is -0.146. The molecule has 2 aromatic heterocycles. The molecular formula is C19H20N2O4S. The van der Waals surface area contributed by atoms with E-state index in [1.807, 2.05) is 29.6 Å². The minimum absolute atomic E-state index is 0.334. The molecule has 0 unspecified atom stereocenters. The van der Waals surface area contributed by atoms with Crippen LogP contribution in [0.25, 0.3) is 21.3 Å². The molecule has 6 nitrogen and oxygen atoms in total. The van der Waals surface area contributed by atoms with E-state index in [9.17, 15) is 19.5 Å². The molecule has 26 heavy (non-hydrogen) atoms. The summed E-state index contributed by atoms with van der Waals surface area (Å²) in [7, 11) is 0. The third kappa shape index (κ3) is 2.78. The number of aromatic amines is 1. The SMILES string of the molecule is CC(C)c1ccc(-c2csc3[nH]c(=O)n(C(C)(C)C(=O)O)c(=O)c23)cc1. The molecule has 2 heterocycles. The lowest BCUT2D eigenvalue weighted by atomic mass is 9.99. The Morgan fingerprint density at radius 1 is 1.19 bits per heavy atom. The third-order valence-electron chi connectivity index (χ3n) is 4.60. The Morgan fingerprint density at radius 2 is 1.81 bits per heavy atom. The van der Waals surface area contributed by atoms with Crippen molar-refractivity contribution in [3.8, 4) is 11.1 Å². The zero-order valence-corrected chi connectivity index (χ0v) is 15.8. The number of hydrogen-bond donors (Lipinski definition) is 2. The molecule has 0 fully saturated rings. The van der Waals surface area contributed by atoms with E-state index in [0.29, 0.717) is 21.7 Å². The first kappa shape index (κ1) is 18.1. The standard InChI is InChI=1S/C19H20N2O4S/c1-10(2)11-5-7-12(8-6-11)13-9-26-15-14(13)16(22)21(18(25)20-15)19(3,4)17(23)24/h5-10H,1-4H3,(H,20,25)(H,23,24). The molecule has 0 aliphatic rings. The van der Waals surface area contributed by atoms with Crippen molar-refractivity contribution in [1.82, 2.24) is 9.55 Å². The molecule has 0 aliphatic heterocycles. The minimum Gasteiger partial charge on any atom is -0.480 e. The van der Waals surface area contributed by atoms with Crippen LogP contribution in [0.3, 0.4) is 0 Å². The first-order chi connectivity index (χ1) is 12.1. The van der Waals surface area contributed by atoms with Gasteiger partial charge in [0.05, 0.1) is 5.39 Å². The molecule has 136 valence electrons. The number of H-pyrrole nitrogens is 1. The molecule has 7 heteroatoms. The van der Waals surface area contributed by atoms with Gasteiger partial charge in [-0.3, -0.25) is 9.78 Å². The Morgan fingerprint density at radius 3 is 2.35 bits per heavy atom. The number of thiophene rings is 1. The number of aromatic nitrogens is 2. The molecule has 1 aromatic carbocycles. The summed E-state index contributed by atoms with van der Waals surface area (Å²) < 4.78 is 0.774. The number of fused-ring (bicyclic) bond motifs is 1. The van der Waals surface area contributed by atoms with E-state index in [0.717, 1.165) is 10.1 Å². The Bertz CT molecular complexity index is 1100. The fourth-order valence-electron chi connectivity index (χ4n) is 2.88. The van der Waals surface area contributed by atoms with Crippen LogP contribution in [0.15, 0.2) is 39.2 Å². The first-order valence-corrected chi connectivity index (χ1v) is 9.13. The van der Waals surface area contributed by atoms with Gasteiger partial charge < -0.3 is 5.11 Å². The van der Waals surface area contributed by atoms with Crippen LogP contribution in [0.1, 0.15) is 39.2 Å². The fraction of sp³-hybridized carbons (Fsp3) is 0.316. The van der Waals surface area contributed by atoms with Crippen LogP contribution in [0.2, 0.25) is 0 Å². The van der Waals surface area contributed by atoms with Gasteiger partial charge in [0.1, 0.15) is 10.4 Å². The highest BCUT2D eigenvalue weighted by Crippen LogP contribution is 2.31. The van der Waals surface area contributed by atoms with Crippen molar-refractivity contribution in [3.05, 3.63) is 56.0 Å². The average molecular weight is 372 g/mol. The number of aliphatic carboxylic acids is 1. The van der Waals surface area contributed by atoms with E-state index in [2.05, 4.69) is 18.8 Å². The molecule has 0 amide bonds. The molecule has 3 rings (SSSR count). The van der Waals surface area contributed by atoms with Crippen molar-refractivity contribution >= 4 is 27.5 Å². The summed E-state index contributed by atoms with van der Waals surface area (Å²) in [6.45, 7) is 6.88. The topological polar surface area (TPSA) is 92.2 Å². The van der Waals surface area contributed by atoms with Crippen LogP contribution in [0.5, 0.6) is 0 Å². The van der Waals surface area contributed by atoms with Crippen molar-refractivity contribution in [2.24, 2.45) is 0 Å². The number of nitrogens with zero attached hydrogens (tertiary/aromatic N) is 1. The summed E-state index contributed by atoms with van der Waals surface area (Å²) in [5, 5.41) is 11.6. The van der Waals surface area contributed by atoms with Crippen molar-refractivity contribution in [3.63, 3.8) is 0 Å². The van der Waals surface area contributed by atoms with Gasteiger partial charge in [0, 0.05) is 10.9 Å². The normalized spacial score (nSPS) is 12.0. The van der Waals surface area contributed by atoms with Gasteiger partial charge in [-0.25, -0.2) is 14.2 Å². The van der Waals surface area contributed by atoms with Gasteiger partial charge in [0.15, 0.2) is 0 Å². The van der Waals surface area contributed by atoms with E-state index >= 15 is 0 Å². The monoisotopic (exact) mass is 372 g/mol. The number of carboxylic acid groups (broad SMARTS) is 1. The van der Waals surface area contributed by atoms with E-state index in [-0.39, 0.29) is 0 Å². The Labute approximate surface area is 153 Å². The van der Waals surface area contributed by atoms with Crippen LogP contribution in [-0.4, -0.2) is 20.6 Å². The maximum atomic E-state index is 13.0. The molecule has 0 radical (unpaired) electrons. The van der Waals surface area contributed by atoms with E-state index < -0.39 is 22.8 Å². The highest BCUT2D eigenvalue weighted by atomic mass is 32.1. The van der Waals surface area contributed by atoms with Crippen LogP contribution in [0, 0.1) is 0 Å². The van der Waals surface area contributed by atoms with Crippen LogP contribution in [-0.2, 0) is 10.3 Å². The van der Waals surface area contributed by atoms with E-state index in [1.165, 1.54) is 30.7 Å². The summed E-state index contributed by atoms with van der Waals surface area (Å²) in [4.78, 5) is 40.0. The molecule has 2 N–H and O–H groups in total. The van der Waals surface area contributed by atoms with Crippen LogP contribution < -0.4 is 11.2 Å². The molecule has 0 saturated heterocycles. The number of carboxylic acids is 1. The zero-order chi connectivity index (χ0) is 19.2. The lowest BCUT2D eigenvalue weighted by Crippen LogP contribution is -2.50. The molecular weight excluding hydrogens is 352 g/mol. The van der Waals surface area contributed by atoms with Crippen LogP contribution >= 0.6 is 11.3 Å². The van der Waals surface area contributed by atoms with Gasteiger partial charge in [-0.2, -0.15) is 0 Å². The Hall–Kier alpha value is -2.67. The minimum atomic E-state index is -1.65. The Kier molecular flexibility index (Phi) is 4.36. The van der Waals surface area contributed by atoms with Crippen molar-refractivity contribution in [2.75, 3.05) is 0 Å². The summed E-state index contributed by atoms with van der Waals surface area (Å²) in [6.07, 6.45) is 0. The van der Waals surface area contributed by atoms with E-state index in [1.54, 1.807) is 0 Å². The van der Waals surface area contributed by atoms with Crippen LogP contribution in [0.4, 0.5) is 0 Å². The van der Waals surface area contributed by atoms with Crippen molar-refractivity contribution < 1.29 is 9.90 Å². The quantitative estimate of drug-likeness (QED) is 0.734. The smallest absolute Gasteiger partial charge is 0.330 e. The fourth-order valence-corrected chi connectivity index (χ4v) is 3.83.